The van der Waals surface area contributed by atoms with E-state index in [1.807, 2.05) is 24.3 Å². The van der Waals surface area contributed by atoms with Crippen molar-refractivity contribution in [2.24, 2.45) is 0 Å². The molecule has 0 saturated heterocycles. The number of halogens is 1. The molecule has 6 nitrogen and oxygen atoms in total. The first-order chi connectivity index (χ1) is 12.1. The van der Waals surface area contributed by atoms with Gasteiger partial charge in [0.1, 0.15) is 6.17 Å². The standard InChI is InChI=1S/C19H15N3O3.ClH/c23-18-13-5-1-3-7-15(13)21-17-11-12(9-10-22(17)18)20-16-8-4-2-6-14(16)19(24)25;/h1-11,17,20-21H,(H,24,25);1H. The van der Waals surface area contributed by atoms with Gasteiger partial charge in [-0.25, -0.2) is 4.79 Å². The number of rotatable bonds is 3. The molecule has 3 N–H and O–H groups in total. The molecular weight excluding hydrogens is 354 g/mol. The number of para-hydroxylation sites is 2. The number of fused-ring (bicyclic) bond motifs is 2. The SMILES string of the molecule is Cl.O=C(O)c1ccccc1NC1=CC2Nc3ccccc3C(=O)N2C=C1. The highest BCUT2D eigenvalue weighted by atomic mass is 35.5. The normalized spacial score (nSPS) is 17.2. The lowest BCUT2D eigenvalue weighted by Gasteiger charge is -2.36. The first-order valence-electron chi connectivity index (χ1n) is 7.81. The zero-order chi connectivity index (χ0) is 17.4. The fourth-order valence-electron chi connectivity index (χ4n) is 2.98. The number of amides is 1. The van der Waals surface area contributed by atoms with Crippen molar-refractivity contribution in [2.75, 3.05) is 10.6 Å². The van der Waals surface area contributed by atoms with Gasteiger partial charge in [-0.05, 0) is 36.4 Å². The van der Waals surface area contributed by atoms with Gasteiger partial charge in [-0.2, -0.15) is 0 Å². The van der Waals surface area contributed by atoms with Gasteiger partial charge in [0.2, 0.25) is 0 Å². The van der Waals surface area contributed by atoms with Crippen LogP contribution in [-0.2, 0) is 0 Å². The topological polar surface area (TPSA) is 81.7 Å². The van der Waals surface area contributed by atoms with E-state index < -0.39 is 5.97 Å². The molecule has 0 fully saturated rings. The molecular formula is C19H16ClN3O3. The molecule has 0 saturated carbocycles. The fraction of sp³-hybridized carbons (Fsp3) is 0.0526. The number of benzene rings is 2. The smallest absolute Gasteiger partial charge is 0.337 e. The van der Waals surface area contributed by atoms with Gasteiger partial charge in [-0.15, -0.1) is 12.4 Å². The van der Waals surface area contributed by atoms with Crippen LogP contribution in [0.4, 0.5) is 11.4 Å². The second kappa shape index (κ2) is 6.93. The summed E-state index contributed by atoms with van der Waals surface area (Å²) < 4.78 is 0. The van der Waals surface area contributed by atoms with Crippen molar-refractivity contribution in [2.45, 2.75) is 6.17 Å². The van der Waals surface area contributed by atoms with Gasteiger partial charge >= 0.3 is 5.97 Å². The second-order valence-electron chi connectivity index (χ2n) is 5.76. The number of nitrogens with one attached hydrogen (secondary N) is 2. The summed E-state index contributed by atoms with van der Waals surface area (Å²) in [4.78, 5) is 25.5. The van der Waals surface area contributed by atoms with E-state index in [9.17, 15) is 14.7 Å². The molecule has 0 radical (unpaired) electrons. The molecule has 1 amide bonds. The quantitative estimate of drug-likeness (QED) is 0.771. The zero-order valence-electron chi connectivity index (χ0n) is 13.5. The highest BCUT2D eigenvalue weighted by molar-refractivity contribution is 6.02. The molecule has 0 bridgehead atoms. The van der Waals surface area contributed by atoms with Crippen LogP contribution in [0.25, 0.3) is 0 Å². The summed E-state index contributed by atoms with van der Waals surface area (Å²) in [5.41, 5.74) is 2.82. The van der Waals surface area contributed by atoms with E-state index in [1.165, 1.54) is 0 Å². The molecule has 132 valence electrons. The van der Waals surface area contributed by atoms with Crippen molar-refractivity contribution in [3.05, 3.63) is 83.7 Å². The van der Waals surface area contributed by atoms with Crippen molar-refractivity contribution in [3.63, 3.8) is 0 Å². The number of carboxylic acids is 1. The molecule has 1 unspecified atom stereocenters. The molecule has 2 heterocycles. The third kappa shape index (κ3) is 3.02. The van der Waals surface area contributed by atoms with Crippen molar-refractivity contribution >= 4 is 35.7 Å². The van der Waals surface area contributed by atoms with E-state index >= 15 is 0 Å². The number of hydrogen-bond acceptors (Lipinski definition) is 4. The summed E-state index contributed by atoms with van der Waals surface area (Å²) >= 11 is 0. The second-order valence-corrected chi connectivity index (χ2v) is 5.76. The Morgan fingerprint density at radius 3 is 2.65 bits per heavy atom. The minimum atomic E-state index is -0.995. The lowest BCUT2D eigenvalue weighted by molar-refractivity contribution is 0.0697. The number of anilines is 2. The van der Waals surface area contributed by atoms with Gasteiger partial charge in [0.05, 0.1) is 16.8 Å². The maximum Gasteiger partial charge on any atom is 0.337 e. The molecule has 4 rings (SSSR count). The number of aromatic carboxylic acids is 1. The zero-order valence-corrected chi connectivity index (χ0v) is 14.4. The Morgan fingerprint density at radius 2 is 1.85 bits per heavy atom. The third-order valence-corrected chi connectivity index (χ3v) is 4.18. The van der Waals surface area contributed by atoms with E-state index in [0.717, 1.165) is 11.4 Å². The summed E-state index contributed by atoms with van der Waals surface area (Å²) in [7, 11) is 0. The maximum atomic E-state index is 12.6. The van der Waals surface area contributed by atoms with Gasteiger partial charge in [0.25, 0.3) is 5.91 Å². The van der Waals surface area contributed by atoms with Crippen LogP contribution in [0, 0.1) is 0 Å². The fourth-order valence-corrected chi connectivity index (χ4v) is 2.98. The predicted molar refractivity (Wildman–Crippen MR) is 102 cm³/mol. The molecule has 7 heteroatoms. The molecule has 0 spiro atoms. The summed E-state index contributed by atoms with van der Waals surface area (Å²) in [6, 6.07) is 14.1. The van der Waals surface area contributed by atoms with Crippen LogP contribution in [-0.4, -0.2) is 28.0 Å². The Morgan fingerprint density at radius 1 is 1.12 bits per heavy atom. The first kappa shape index (κ1) is 17.6. The average molecular weight is 370 g/mol. The van der Waals surface area contributed by atoms with Crippen LogP contribution in [0.1, 0.15) is 20.7 Å². The van der Waals surface area contributed by atoms with Crippen LogP contribution in [0.3, 0.4) is 0 Å². The van der Waals surface area contributed by atoms with Crippen molar-refractivity contribution in [1.29, 1.82) is 0 Å². The summed E-state index contributed by atoms with van der Waals surface area (Å²) in [5.74, 6) is -1.07. The Balaban J connectivity index is 0.00000196. The maximum absolute atomic E-state index is 12.6. The number of carbonyl (C=O) groups excluding carboxylic acids is 1. The number of allylic oxidation sites excluding steroid dienone is 1. The third-order valence-electron chi connectivity index (χ3n) is 4.18. The highest BCUT2D eigenvalue weighted by Crippen LogP contribution is 2.29. The molecule has 2 aromatic rings. The van der Waals surface area contributed by atoms with Gasteiger partial charge in [-0.1, -0.05) is 24.3 Å². The number of carbonyl (C=O) groups is 2. The molecule has 2 aliphatic rings. The first-order valence-corrected chi connectivity index (χ1v) is 7.81. The monoisotopic (exact) mass is 369 g/mol. The Hall–Kier alpha value is -3.25. The van der Waals surface area contributed by atoms with Crippen molar-refractivity contribution < 1.29 is 14.7 Å². The summed E-state index contributed by atoms with van der Waals surface area (Å²) in [6.07, 6.45) is 4.98. The van der Waals surface area contributed by atoms with Crippen LogP contribution < -0.4 is 10.6 Å². The van der Waals surface area contributed by atoms with Crippen LogP contribution in [0.15, 0.2) is 72.6 Å². The average Bonchev–Trinajstić information content (AvgIpc) is 2.62. The van der Waals surface area contributed by atoms with Gasteiger partial charge in [-0.3, -0.25) is 9.69 Å². The minimum Gasteiger partial charge on any atom is -0.478 e. The summed E-state index contributed by atoms with van der Waals surface area (Å²) in [6.45, 7) is 0. The van der Waals surface area contributed by atoms with Crippen LogP contribution in [0.5, 0.6) is 0 Å². The van der Waals surface area contributed by atoms with E-state index in [-0.39, 0.29) is 30.0 Å². The molecule has 1 atom stereocenters. The van der Waals surface area contributed by atoms with E-state index in [0.29, 0.717) is 11.3 Å². The van der Waals surface area contributed by atoms with Gasteiger partial charge in [0.15, 0.2) is 0 Å². The Kier molecular flexibility index (Phi) is 4.69. The highest BCUT2D eigenvalue weighted by Gasteiger charge is 2.31. The van der Waals surface area contributed by atoms with E-state index in [4.69, 9.17) is 0 Å². The van der Waals surface area contributed by atoms with E-state index in [1.54, 1.807) is 47.5 Å². The Bertz CT molecular complexity index is 939. The van der Waals surface area contributed by atoms with Crippen molar-refractivity contribution in [3.8, 4) is 0 Å². The van der Waals surface area contributed by atoms with Crippen LogP contribution in [0.2, 0.25) is 0 Å². The number of carboxylic acid groups (broad SMARTS) is 1. The predicted octanol–water partition coefficient (Wildman–Crippen LogP) is 3.52. The molecule has 2 aromatic carbocycles. The molecule has 0 aromatic heterocycles. The summed E-state index contributed by atoms with van der Waals surface area (Å²) in [5, 5.41) is 15.7. The van der Waals surface area contributed by atoms with Gasteiger partial charge < -0.3 is 15.7 Å². The molecule has 2 aliphatic heterocycles. The Labute approximate surface area is 156 Å². The van der Waals surface area contributed by atoms with Crippen LogP contribution >= 0.6 is 12.4 Å². The minimum absolute atomic E-state index is 0. The largest absolute Gasteiger partial charge is 0.478 e. The van der Waals surface area contributed by atoms with E-state index in [2.05, 4.69) is 10.6 Å². The molecule has 26 heavy (non-hydrogen) atoms. The number of hydrogen-bond donors (Lipinski definition) is 3. The lowest BCUT2D eigenvalue weighted by atomic mass is 10.1. The lowest BCUT2D eigenvalue weighted by Crippen LogP contribution is -2.46. The number of nitrogens with zero attached hydrogens (tertiary/aromatic N) is 1. The molecule has 0 aliphatic carbocycles. The van der Waals surface area contributed by atoms with Gasteiger partial charge in [0, 0.05) is 17.6 Å². The van der Waals surface area contributed by atoms with Crippen molar-refractivity contribution in [1.82, 2.24) is 4.90 Å².